The molecule has 2 aliphatic rings. The minimum absolute atomic E-state index is 0.0625. The Morgan fingerprint density at radius 3 is 1.49 bits per heavy atom. The standard InChI is InChI=1S/C47H39BO2P/c1-31-17-14-18-32(2)44(31)48(45-33(3)19-15-20-34(45)4)40-27-16-26-39-46(40)50-41-28-11-8-23-36(41)47(39)37-24-9-12-29-42(37)51(49,35-21-6-5-7-22-35)43-30-13-10-25-38(43)47/h5-30,49H,1-4H3/q+1. The van der Waals surface area contributed by atoms with E-state index in [0.717, 1.165) is 55.1 Å². The maximum absolute atomic E-state index is 13.3. The van der Waals surface area contributed by atoms with Gasteiger partial charge in [-0.05, 0) is 63.5 Å². The Bertz CT molecular complexity index is 2350. The smallest absolute Gasteiger partial charge is 0.247 e. The molecule has 0 amide bonds. The van der Waals surface area contributed by atoms with Crippen molar-refractivity contribution in [3.8, 4) is 11.5 Å². The van der Waals surface area contributed by atoms with Crippen molar-refractivity contribution in [1.82, 2.24) is 0 Å². The monoisotopic (exact) mass is 677 g/mol. The molecule has 0 unspecified atom stereocenters. The number of fused-ring (bicyclic) bond motifs is 8. The molecule has 0 aliphatic carbocycles. The second kappa shape index (κ2) is 11.9. The van der Waals surface area contributed by atoms with Gasteiger partial charge in [-0.15, -0.1) is 0 Å². The fraction of sp³-hybridized carbons (Fsp3) is 0.106. The number of para-hydroxylation sites is 2. The van der Waals surface area contributed by atoms with Crippen molar-refractivity contribution in [2.45, 2.75) is 33.1 Å². The Hall–Kier alpha value is -5.21. The van der Waals surface area contributed by atoms with Crippen LogP contribution in [0.1, 0.15) is 44.5 Å². The molecule has 0 aromatic heterocycles. The van der Waals surface area contributed by atoms with E-state index in [0.29, 0.717) is 0 Å². The summed E-state index contributed by atoms with van der Waals surface area (Å²) in [5.74, 6) is 1.73. The number of benzene rings is 7. The topological polar surface area (TPSA) is 29.5 Å². The second-order valence-electron chi connectivity index (χ2n) is 14.1. The maximum atomic E-state index is 13.3. The Morgan fingerprint density at radius 2 is 0.922 bits per heavy atom. The molecule has 7 aromatic carbocycles. The van der Waals surface area contributed by atoms with E-state index in [2.05, 4.69) is 167 Å². The molecule has 0 fully saturated rings. The average molecular weight is 678 g/mol. The molecule has 1 N–H and O–H groups in total. The molecule has 9 rings (SSSR count). The SMILES string of the molecule is Cc1cccc(C)c1B(c1cccc2c1Oc1ccccc1C21c2ccccc2[P+](O)(c2ccccc2)c2ccccc21)c1c(C)cccc1C. The van der Waals surface area contributed by atoms with Crippen molar-refractivity contribution in [2.75, 3.05) is 0 Å². The van der Waals surface area contributed by atoms with E-state index in [4.69, 9.17) is 4.74 Å². The third-order valence-corrected chi connectivity index (χ3v) is 14.6. The highest BCUT2D eigenvalue weighted by atomic mass is 31.2. The van der Waals surface area contributed by atoms with Crippen molar-refractivity contribution in [2.24, 2.45) is 0 Å². The average Bonchev–Trinajstić information content (AvgIpc) is 3.16. The molecule has 0 saturated carbocycles. The first-order valence-electron chi connectivity index (χ1n) is 17.8. The lowest BCUT2D eigenvalue weighted by atomic mass is 9.33. The first-order chi connectivity index (χ1) is 24.9. The lowest BCUT2D eigenvalue weighted by molar-refractivity contribution is 0.438. The first-order valence-corrected chi connectivity index (χ1v) is 19.5. The molecule has 0 bridgehead atoms. The van der Waals surface area contributed by atoms with Crippen molar-refractivity contribution in [3.05, 3.63) is 202 Å². The summed E-state index contributed by atoms with van der Waals surface area (Å²) in [5, 5.41) is 2.94. The van der Waals surface area contributed by atoms with Gasteiger partial charge in [0.25, 0.3) is 0 Å². The third kappa shape index (κ3) is 4.45. The quantitative estimate of drug-likeness (QED) is 0.155. The number of aryl methyl sites for hydroxylation is 4. The van der Waals surface area contributed by atoms with Gasteiger partial charge in [-0.2, -0.15) is 0 Å². The van der Waals surface area contributed by atoms with E-state index in [1.807, 2.05) is 18.2 Å². The van der Waals surface area contributed by atoms with E-state index in [1.165, 1.54) is 33.2 Å². The zero-order chi connectivity index (χ0) is 34.9. The summed E-state index contributed by atoms with van der Waals surface area (Å²) < 4.78 is 7.23. The molecule has 51 heavy (non-hydrogen) atoms. The van der Waals surface area contributed by atoms with Crippen LogP contribution in [0.2, 0.25) is 0 Å². The number of rotatable bonds is 4. The Balaban J connectivity index is 1.43. The molecule has 2 aliphatic heterocycles. The van der Waals surface area contributed by atoms with Crippen molar-refractivity contribution in [1.29, 1.82) is 0 Å². The highest BCUT2D eigenvalue weighted by Crippen LogP contribution is 2.64. The summed E-state index contributed by atoms with van der Waals surface area (Å²) >= 11 is 0. The summed E-state index contributed by atoms with van der Waals surface area (Å²) in [7, 11) is -3.01. The number of hydrogen-bond acceptors (Lipinski definition) is 2. The largest absolute Gasteiger partial charge is 0.457 e. The molecule has 2 heterocycles. The molecule has 2 nitrogen and oxygen atoms in total. The first kappa shape index (κ1) is 31.8. The number of ether oxygens (including phenoxy) is 1. The molecule has 0 saturated heterocycles. The summed E-state index contributed by atoms with van der Waals surface area (Å²) in [6, 6.07) is 56.0. The lowest BCUT2D eigenvalue weighted by Gasteiger charge is -2.46. The molecule has 0 radical (unpaired) electrons. The normalized spacial score (nSPS) is 18.2. The van der Waals surface area contributed by atoms with Gasteiger partial charge in [-0.3, -0.25) is 0 Å². The summed E-state index contributed by atoms with van der Waals surface area (Å²) in [6.45, 7) is 8.87. The van der Waals surface area contributed by atoms with Gasteiger partial charge in [-0.1, -0.05) is 161 Å². The molecule has 246 valence electrons. The molecule has 1 spiro atoms. The molecule has 4 heteroatoms. The van der Waals surface area contributed by atoms with Crippen LogP contribution in [0, 0.1) is 27.7 Å². The second-order valence-corrected chi connectivity index (χ2v) is 16.9. The van der Waals surface area contributed by atoms with Crippen LogP contribution in [0.5, 0.6) is 11.5 Å². The fourth-order valence-electron chi connectivity index (χ4n) is 9.26. The van der Waals surface area contributed by atoms with Gasteiger partial charge in [0.15, 0.2) is 0 Å². The summed E-state index contributed by atoms with van der Waals surface area (Å²) in [5.41, 5.74) is 12.5. The van der Waals surface area contributed by atoms with Gasteiger partial charge in [0, 0.05) is 22.3 Å². The Kier molecular flexibility index (Phi) is 7.44. The predicted octanol–water partition coefficient (Wildman–Crippen LogP) is 7.44. The lowest BCUT2D eigenvalue weighted by Crippen LogP contribution is -2.57. The van der Waals surface area contributed by atoms with Gasteiger partial charge < -0.3 is 4.74 Å². The molecular formula is C47H39BO2P+. The maximum Gasteiger partial charge on any atom is 0.247 e. The predicted molar refractivity (Wildman–Crippen MR) is 216 cm³/mol. The summed E-state index contributed by atoms with van der Waals surface area (Å²) in [6.07, 6.45) is 0. The highest BCUT2D eigenvalue weighted by molar-refractivity contribution is 7.91. The van der Waals surface area contributed by atoms with Gasteiger partial charge >= 0.3 is 0 Å². The van der Waals surface area contributed by atoms with Crippen molar-refractivity contribution >= 4 is 46.5 Å². The third-order valence-electron chi connectivity index (χ3n) is 11.4. The van der Waals surface area contributed by atoms with E-state index in [1.54, 1.807) is 0 Å². The zero-order valence-electron chi connectivity index (χ0n) is 29.4. The minimum atomic E-state index is -3.01. The van der Waals surface area contributed by atoms with Gasteiger partial charge in [-0.25, -0.2) is 4.89 Å². The van der Waals surface area contributed by atoms with Crippen LogP contribution in [0.25, 0.3) is 0 Å². The minimum Gasteiger partial charge on any atom is -0.457 e. The van der Waals surface area contributed by atoms with Crippen LogP contribution in [0.3, 0.4) is 0 Å². The van der Waals surface area contributed by atoms with Crippen LogP contribution in [0.4, 0.5) is 0 Å². The fourth-order valence-corrected chi connectivity index (χ4v) is 12.5. The van der Waals surface area contributed by atoms with Crippen molar-refractivity contribution in [3.63, 3.8) is 0 Å². The van der Waals surface area contributed by atoms with Crippen LogP contribution in [-0.2, 0) is 5.41 Å². The van der Waals surface area contributed by atoms with E-state index < -0.39 is 12.9 Å². The van der Waals surface area contributed by atoms with Crippen molar-refractivity contribution < 1.29 is 9.63 Å². The van der Waals surface area contributed by atoms with E-state index in [9.17, 15) is 4.89 Å². The highest BCUT2D eigenvalue weighted by Gasteiger charge is 2.61. The van der Waals surface area contributed by atoms with Crippen LogP contribution in [-0.4, -0.2) is 11.6 Å². The van der Waals surface area contributed by atoms with Crippen LogP contribution < -0.4 is 37.0 Å². The van der Waals surface area contributed by atoms with Gasteiger partial charge in [0.2, 0.25) is 14.2 Å². The van der Waals surface area contributed by atoms with Gasteiger partial charge in [0.1, 0.15) is 27.4 Å². The Morgan fingerprint density at radius 1 is 0.471 bits per heavy atom. The van der Waals surface area contributed by atoms with E-state index >= 15 is 0 Å². The van der Waals surface area contributed by atoms with Crippen LogP contribution >= 0.6 is 7.49 Å². The molecule has 0 atom stereocenters. The zero-order valence-corrected chi connectivity index (χ0v) is 30.3. The number of hydrogen-bond donors (Lipinski definition) is 1. The Labute approximate surface area is 301 Å². The van der Waals surface area contributed by atoms with E-state index in [-0.39, 0.29) is 6.71 Å². The van der Waals surface area contributed by atoms with Crippen LogP contribution in [0.15, 0.2) is 158 Å². The summed E-state index contributed by atoms with van der Waals surface area (Å²) in [4.78, 5) is 13.3. The molecular weight excluding hydrogens is 638 g/mol. The molecule has 7 aromatic rings. The van der Waals surface area contributed by atoms with Gasteiger partial charge in [0.05, 0.1) is 5.41 Å².